The van der Waals surface area contributed by atoms with Gasteiger partial charge in [0.05, 0.1) is 18.9 Å². The van der Waals surface area contributed by atoms with Crippen molar-refractivity contribution in [1.29, 1.82) is 0 Å². The van der Waals surface area contributed by atoms with Crippen molar-refractivity contribution in [3.8, 4) is 11.5 Å². The molecule has 0 aromatic heterocycles. The number of nitrogens with one attached hydrogen (secondary N) is 2. The molecule has 2 aromatic rings. The molecule has 1 aliphatic heterocycles. The maximum atomic E-state index is 11.3. The van der Waals surface area contributed by atoms with Crippen LogP contribution < -0.4 is 20.1 Å². The molecule has 1 saturated heterocycles. The Morgan fingerprint density at radius 1 is 1.11 bits per heavy atom. The highest BCUT2D eigenvalue weighted by Gasteiger charge is 2.48. The predicted molar refractivity (Wildman–Crippen MR) is 130 cm³/mol. The van der Waals surface area contributed by atoms with Crippen LogP contribution in [-0.4, -0.2) is 88.3 Å². The van der Waals surface area contributed by atoms with Crippen LogP contribution in [0.15, 0.2) is 42.5 Å². The molecule has 202 valence electrons. The number of hydrogen-bond donors (Lipinski definition) is 7. The van der Waals surface area contributed by atoms with E-state index in [0.29, 0.717) is 12.0 Å². The van der Waals surface area contributed by atoms with Gasteiger partial charge in [-0.2, -0.15) is 0 Å². The van der Waals surface area contributed by atoms with Crippen molar-refractivity contribution >= 4 is 18.1 Å². The number of hydrogen-bond acceptors (Lipinski definition) is 10. The van der Waals surface area contributed by atoms with Gasteiger partial charge in [0.15, 0.2) is 6.10 Å². The minimum atomic E-state index is -1.86. The number of benzene rings is 2. The lowest BCUT2D eigenvalue weighted by Crippen LogP contribution is -2.61. The number of rotatable bonds is 12. The number of carboxylic acids is 1. The summed E-state index contributed by atoms with van der Waals surface area (Å²) in [6.45, 7) is 2.20. The van der Waals surface area contributed by atoms with Gasteiger partial charge in [-0.25, -0.2) is 4.79 Å². The molecule has 0 unspecified atom stereocenters. The average Bonchev–Trinajstić information content (AvgIpc) is 2.88. The van der Waals surface area contributed by atoms with Crippen LogP contribution in [0.2, 0.25) is 0 Å². The molecule has 0 radical (unpaired) electrons. The normalized spacial score (nSPS) is 25.1. The van der Waals surface area contributed by atoms with Crippen molar-refractivity contribution in [2.75, 3.05) is 19.0 Å². The molecular formula is C25H32N2O10. The molecule has 1 aliphatic rings. The Kier molecular flexibility index (Phi) is 9.80. The maximum Gasteiger partial charge on any atom is 0.335 e. The van der Waals surface area contributed by atoms with Gasteiger partial charge in [0.25, 0.3) is 0 Å². The van der Waals surface area contributed by atoms with Crippen LogP contribution in [-0.2, 0) is 20.7 Å². The first-order valence-corrected chi connectivity index (χ1v) is 11.6. The molecule has 12 heteroatoms. The number of carbonyl (C=O) groups excluding carboxylic acids is 1. The smallest absolute Gasteiger partial charge is 0.335 e. The Labute approximate surface area is 213 Å². The molecule has 1 fully saturated rings. The lowest BCUT2D eigenvalue weighted by molar-refractivity contribution is -0.271. The number of ether oxygens (including phenoxy) is 3. The SMILES string of the molecule is COc1ccc(C[C@H](C)NC[C@@H](O)c2ccc(O[C@@H]3O[C@H](C(=O)O)[C@@H](O)[C@H](O)[C@H]3O)c(NC=O)c2)cc1. The fourth-order valence-electron chi connectivity index (χ4n) is 3.93. The number of aliphatic hydroxyl groups is 4. The first-order chi connectivity index (χ1) is 17.6. The molecule has 2 aromatic carbocycles. The van der Waals surface area contributed by atoms with E-state index in [-0.39, 0.29) is 24.0 Å². The van der Waals surface area contributed by atoms with Gasteiger partial charge in [0, 0.05) is 12.6 Å². The zero-order valence-corrected chi connectivity index (χ0v) is 20.4. The van der Waals surface area contributed by atoms with Gasteiger partial charge in [0.1, 0.15) is 29.8 Å². The number of amides is 1. The lowest BCUT2D eigenvalue weighted by atomic mass is 9.99. The minimum Gasteiger partial charge on any atom is -0.497 e. The molecule has 7 atom stereocenters. The van der Waals surface area contributed by atoms with Crippen LogP contribution in [0, 0.1) is 0 Å². The molecule has 0 bridgehead atoms. The van der Waals surface area contributed by atoms with E-state index in [4.69, 9.17) is 14.2 Å². The van der Waals surface area contributed by atoms with Crippen LogP contribution in [0.25, 0.3) is 0 Å². The van der Waals surface area contributed by atoms with Crippen molar-refractivity contribution in [3.63, 3.8) is 0 Å². The van der Waals surface area contributed by atoms with E-state index in [1.807, 2.05) is 31.2 Å². The third kappa shape index (κ3) is 7.16. The van der Waals surface area contributed by atoms with Gasteiger partial charge in [-0.05, 0) is 48.7 Å². The Hall–Kier alpha value is -3.26. The van der Waals surface area contributed by atoms with Crippen molar-refractivity contribution in [2.24, 2.45) is 0 Å². The highest BCUT2D eigenvalue weighted by Crippen LogP contribution is 2.32. The summed E-state index contributed by atoms with van der Waals surface area (Å²) in [5, 5.41) is 55.6. The summed E-state index contributed by atoms with van der Waals surface area (Å²) in [5.41, 5.74) is 1.66. The van der Waals surface area contributed by atoms with E-state index >= 15 is 0 Å². The molecule has 3 rings (SSSR count). The fraction of sp³-hybridized carbons (Fsp3) is 0.440. The van der Waals surface area contributed by atoms with Crippen molar-refractivity contribution in [3.05, 3.63) is 53.6 Å². The highest BCUT2D eigenvalue weighted by atomic mass is 16.7. The Balaban J connectivity index is 1.65. The van der Waals surface area contributed by atoms with Crippen LogP contribution in [0.5, 0.6) is 11.5 Å². The molecule has 0 aliphatic carbocycles. The third-order valence-corrected chi connectivity index (χ3v) is 6.02. The maximum absolute atomic E-state index is 11.3. The third-order valence-electron chi connectivity index (χ3n) is 6.02. The van der Waals surface area contributed by atoms with Gasteiger partial charge in [-0.15, -0.1) is 0 Å². The fourth-order valence-corrected chi connectivity index (χ4v) is 3.93. The number of aliphatic hydroxyl groups excluding tert-OH is 4. The average molecular weight is 521 g/mol. The second-order valence-electron chi connectivity index (χ2n) is 8.75. The monoisotopic (exact) mass is 520 g/mol. The second-order valence-corrected chi connectivity index (χ2v) is 8.75. The van der Waals surface area contributed by atoms with E-state index in [2.05, 4.69) is 10.6 Å². The zero-order valence-electron chi connectivity index (χ0n) is 20.4. The van der Waals surface area contributed by atoms with E-state index in [0.717, 1.165) is 17.7 Å². The van der Waals surface area contributed by atoms with Gasteiger partial charge >= 0.3 is 5.97 Å². The number of methoxy groups -OCH3 is 1. The van der Waals surface area contributed by atoms with Crippen LogP contribution >= 0.6 is 0 Å². The number of anilines is 1. The summed E-state index contributed by atoms with van der Waals surface area (Å²) < 4.78 is 15.8. The molecule has 37 heavy (non-hydrogen) atoms. The predicted octanol–water partition coefficient (Wildman–Crippen LogP) is -0.211. The molecule has 12 nitrogen and oxygen atoms in total. The Morgan fingerprint density at radius 3 is 2.43 bits per heavy atom. The van der Waals surface area contributed by atoms with Crippen molar-refractivity contribution in [2.45, 2.75) is 56.2 Å². The van der Waals surface area contributed by atoms with E-state index in [1.54, 1.807) is 7.11 Å². The van der Waals surface area contributed by atoms with Crippen LogP contribution in [0.4, 0.5) is 5.69 Å². The highest BCUT2D eigenvalue weighted by molar-refractivity contribution is 5.76. The van der Waals surface area contributed by atoms with Crippen LogP contribution in [0.1, 0.15) is 24.2 Å². The molecule has 0 spiro atoms. The quantitative estimate of drug-likeness (QED) is 0.184. The minimum absolute atomic E-state index is 0.0133. The second kappa shape index (κ2) is 12.8. The molecule has 7 N–H and O–H groups in total. The number of aliphatic carboxylic acids is 1. The summed E-state index contributed by atoms with van der Waals surface area (Å²) in [6, 6.07) is 12.1. The summed E-state index contributed by atoms with van der Waals surface area (Å²) in [4.78, 5) is 22.5. The Morgan fingerprint density at radius 2 is 1.81 bits per heavy atom. The largest absolute Gasteiger partial charge is 0.497 e. The molecule has 0 saturated carbocycles. The molecule has 1 heterocycles. The molecule has 1 amide bonds. The van der Waals surface area contributed by atoms with Crippen molar-refractivity contribution in [1.82, 2.24) is 5.32 Å². The lowest BCUT2D eigenvalue weighted by Gasteiger charge is -2.38. The number of carbonyl (C=O) groups is 2. The number of carboxylic acid groups (broad SMARTS) is 1. The summed E-state index contributed by atoms with van der Waals surface area (Å²) in [6.07, 6.45) is -8.79. The van der Waals surface area contributed by atoms with Gasteiger partial charge in [0.2, 0.25) is 12.7 Å². The Bertz CT molecular complexity index is 1050. The van der Waals surface area contributed by atoms with Crippen molar-refractivity contribution < 1.29 is 49.3 Å². The summed E-state index contributed by atoms with van der Waals surface area (Å²) in [5.74, 6) is -0.793. The topological polar surface area (TPSA) is 187 Å². The van der Waals surface area contributed by atoms with E-state index in [1.165, 1.54) is 18.2 Å². The van der Waals surface area contributed by atoms with Crippen LogP contribution in [0.3, 0.4) is 0 Å². The van der Waals surface area contributed by atoms with Gasteiger partial charge in [-0.3, -0.25) is 4.79 Å². The van der Waals surface area contributed by atoms with E-state index in [9.17, 15) is 35.1 Å². The first-order valence-electron chi connectivity index (χ1n) is 11.6. The summed E-state index contributed by atoms with van der Waals surface area (Å²) in [7, 11) is 1.60. The standard InChI is InChI=1S/C25H32N2O10/c1-13(9-14-3-6-16(35-2)7-4-14)26-11-18(29)15-5-8-19(17(10-15)27-12-28)36-25-22(32)20(30)21(31)23(37-25)24(33)34/h3-8,10,12-13,18,20-23,25-26,29-32H,9,11H2,1-2H3,(H,27,28)(H,33,34)/t13-,18+,20-,21-,22+,23-,25+/m0/s1. The van der Waals surface area contributed by atoms with Gasteiger partial charge < -0.3 is 50.4 Å². The summed E-state index contributed by atoms with van der Waals surface area (Å²) >= 11 is 0. The first kappa shape index (κ1) is 28.3. The molecular weight excluding hydrogens is 488 g/mol. The van der Waals surface area contributed by atoms with E-state index < -0.39 is 42.8 Å². The van der Waals surface area contributed by atoms with Gasteiger partial charge in [-0.1, -0.05) is 18.2 Å². The zero-order chi connectivity index (χ0) is 27.1.